The summed E-state index contributed by atoms with van der Waals surface area (Å²) in [6.45, 7) is 25.8. The van der Waals surface area contributed by atoms with Gasteiger partial charge in [-0.15, -0.1) is 0 Å². The molecule has 0 atom stereocenters. The van der Waals surface area contributed by atoms with Crippen molar-refractivity contribution in [2.45, 2.75) is 124 Å². The molecule has 1 saturated carbocycles. The van der Waals surface area contributed by atoms with E-state index in [0.717, 1.165) is 28.6 Å². The van der Waals surface area contributed by atoms with Crippen molar-refractivity contribution in [3.8, 4) is 46.0 Å². The highest BCUT2D eigenvalue weighted by atomic mass is 19.1. The molecular weight excluding hydrogens is 788 g/mol. The van der Waals surface area contributed by atoms with Crippen LogP contribution in [-0.2, 0) is 21.7 Å². The molecule has 0 spiro atoms. The van der Waals surface area contributed by atoms with E-state index in [1.165, 1.54) is 29.5 Å². The summed E-state index contributed by atoms with van der Waals surface area (Å²) in [4.78, 5) is 0. The third-order valence-electron chi connectivity index (χ3n) is 9.84. The van der Waals surface area contributed by atoms with Crippen LogP contribution in [0.1, 0.15) is 118 Å². The van der Waals surface area contributed by atoms with Gasteiger partial charge in [-0.25, -0.2) is 4.39 Å². The van der Waals surface area contributed by atoms with Gasteiger partial charge in [0.1, 0.15) is 19.9 Å². The maximum Gasteiger partial charge on any atom is 0.161 e. The van der Waals surface area contributed by atoms with Crippen molar-refractivity contribution in [1.29, 1.82) is 0 Å². The van der Waals surface area contributed by atoms with Gasteiger partial charge in [0.2, 0.25) is 0 Å². The average Bonchev–Trinajstić information content (AvgIpc) is 4.05. The lowest BCUT2D eigenvalue weighted by Gasteiger charge is -2.21. The molecule has 1 fully saturated rings. The third kappa shape index (κ3) is 17.5. The van der Waals surface area contributed by atoms with E-state index in [9.17, 15) is 4.39 Å². The predicted molar refractivity (Wildman–Crippen MR) is 251 cm³/mol. The minimum Gasteiger partial charge on any atom is -0.493 e. The highest BCUT2D eigenvalue weighted by molar-refractivity contribution is 5.47. The van der Waals surface area contributed by atoms with Crippen molar-refractivity contribution in [2.24, 2.45) is 0 Å². The van der Waals surface area contributed by atoms with Crippen LogP contribution in [0.15, 0.2) is 72.8 Å². The fourth-order valence-electron chi connectivity index (χ4n) is 5.71. The summed E-state index contributed by atoms with van der Waals surface area (Å²) >= 11 is 0. The molecule has 0 radical (unpaired) electrons. The molecule has 10 heteroatoms. The van der Waals surface area contributed by atoms with Gasteiger partial charge in [-0.3, -0.25) is 0 Å². The van der Waals surface area contributed by atoms with Crippen LogP contribution >= 0.6 is 0 Å². The van der Waals surface area contributed by atoms with Gasteiger partial charge in [-0.2, -0.15) is 0 Å². The van der Waals surface area contributed by atoms with E-state index >= 15 is 0 Å². The first kappa shape index (κ1) is 53.3. The lowest BCUT2D eigenvalue weighted by molar-refractivity contribution is 0.196. The van der Waals surface area contributed by atoms with Crippen molar-refractivity contribution in [1.82, 2.24) is 0 Å². The molecule has 1 aliphatic carbocycles. The smallest absolute Gasteiger partial charge is 0.161 e. The fourth-order valence-corrected chi connectivity index (χ4v) is 5.71. The summed E-state index contributed by atoms with van der Waals surface area (Å²) < 4.78 is 54.7. The van der Waals surface area contributed by atoms with Crippen LogP contribution in [0.4, 0.5) is 4.39 Å². The van der Waals surface area contributed by atoms with Crippen LogP contribution in [0.3, 0.4) is 0 Å². The molecule has 0 amide bonds. The van der Waals surface area contributed by atoms with E-state index in [2.05, 4.69) is 101 Å². The summed E-state index contributed by atoms with van der Waals surface area (Å²) in [7, 11) is 8.21. The number of hydrogen-bond donors (Lipinski definition) is 1. The van der Waals surface area contributed by atoms with Gasteiger partial charge in [0.25, 0.3) is 0 Å². The first-order chi connectivity index (χ1) is 29.0. The summed E-state index contributed by atoms with van der Waals surface area (Å²) in [5.41, 5.74) is 5.31. The SMILES string of the molecule is COc1cc(C(C)(C)C)ccc1OC1CC1.COc1cc(C(C)(C)C)ccc1OCCF.COc1cc(C(C)(C)C)ccc1OCCO.COc1ccc(C(C)(C)C)cc1OC. The number of aliphatic hydroxyl groups excluding tert-OH is 1. The van der Waals surface area contributed by atoms with Crippen molar-refractivity contribution in [3.63, 3.8) is 0 Å². The number of halogens is 1. The Kier molecular flexibility index (Phi) is 20.7. The van der Waals surface area contributed by atoms with Gasteiger partial charge in [-0.1, -0.05) is 107 Å². The predicted octanol–water partition coefficient (Wildman–Crippen LogP) is 12.2. The Morgan fingerprint density at radius 3 is 1.02 bits per heavy atom. The molecule has 346 valence electrons. The second kappa shape index (κ2) is 24.1. The topological polar surface area (TPSA) is 94.1 Å². The van der Waals surface area contributed by atoms with Crippen LogP contribution in [0.5, 0.6) is 46.0 Å². The van der Waals surface area contributed by atoms with Crippen molar-refractivity contribution >= 4 is 0 Å². The molecule has 0 aromatic heterocycles. The van der Waals surface area contributed by atoms with Gasteiger partial charge >= 0.3 is 0 Å². The van der Waals surface area contributed by atoms with E-state index < -0.39 is 6.67 Å². The minimum atomic E-state index is -0.496. The van der Waals surface area contributed by atoms with Crippen LogP contribution in [0.25, 0.3) is 0 Å². The van der Waals surface area contributed by atoms with Crippen LogP contribution in [0.2, 0.25) is 0 Å². The van der Waals surface area contributed by atoms with Gasteiger partial charge < -0.3 is 43.0 Å². The lowest BCUT2D eigenvalue weighted by atomic mass is 9.87. The molecule has 0 heterocycles. The number of alkyl halides is 1. The summed E-state index contributed by atoms with van der Waals surface area (Å²) in [5, 5.41) is 8.71. The van der Waals surface area contributed by atoms with E-state index in [4.69, 9.17) is 43.0 Å². The summed E-state index contributed by atoms with van der Waals surface area (Å²) in [6.07, 6.45) is 2.75. The van der Waals surface area contributed by atoms with E-state index in [1.54, 1.807) is 35.5 Å². The Bertz CT molecular complexity index is 1860. The molecule has 9 nitrogen and oxygen atoms in total. The van der Waals surface area contributed by atoms with Gasteiger partial charge in [0, 0.05) is 0 Å². The summed E-state index contributed by atoms with van der Waals surface area (Å²) in [6, 6.07) is 23.9. The monoisotopic (exact) mass is 865 g/mol. The zero-order valence-electron chi connectivity index (χ0n) is 40.8. The molecule has 0 bridgehead atoms. The first-order valence-electron chi connectivity index (χ1n) is 21.3. The fraction of sp³-hybridized carbons (Fsp3) is 0.538. The molecule has 1 N–H and O–H groups in total. The molecule has 1 aliphatic rings. The number of rotatable bonds is 13. The van der Waals surface area contributed by atoms with Crippen LogP contribution < -0.4 is 37.9 Å². The van der Waals surface area contributed by atoms with Crippen LogP contribution in [-0.4, -0.2) is 73.3 Å². The molecule has 5 rings (SSSR count). The number of ether oxygens (including phenoxy) is 8. The first-order valence-corrected chi connectivity index (χ1v) is 21.3. The Morgan fingerprint density at radius 2 is 0.726 bits per heavy atom. The average molecular weight is 865 g/mol. The molecule has 4 aromatic rings. The maximum atomic E-state index is 12.0. The Hall–Kier alpha value is -4.83. The number of aliphatic hydroxyl groups is 1. The maximum absolute atomic E-state index is 12.0. The molecule has 0 aliphatic heterocycles. The van der Waals surface area contributed by atoms with Gasteiger partial charge in [-0.05, 0) is 105 Å². The van der Waals surface area contributed by atoms with E-state index in [0.29, 0.717) is 29.1 Å². The van der Waals surface area contributed by atoms with Crippen molar-refractivity contribution in [2.75, 3.05) is 62.0 Å². The van der Waals surface area contributed by atoms with Crippen molar-refractivity contribution < 1.29 is 47.4 Å². The summed E-state index contributed by atoms with van der Waals surface area (Å²) in [5.74, 6) is 5.91. The van der Waals surface area contributed by atoms with E-state index in [-0.39, 0.29) is 41.5 Å². The molecule has 0 unspecified atom stereocenters. The third-order valence-corrected chi connectivity index (χ3v) is 9.84. The highest BCUT2D eigenvalue weighted by Gasteiger charge is 2.26. The zero-order chi connectivity index (χ0) is 46.9. The molecular formula is C52H77FO9. The number of benzene rings is 4. The zero-order valence-corrected chi connectivity index (χ0v) is 40.8. The second-order valence-electron chi connectivity index (χ2n) is 19.1. The molecule has 0 saturated heterocycles. The Balaban J connectivity index is 0.000000285. The molecule has 62 heavy (non-hydrogen) atoms. The van der Waals surface area contributed by atoms with E-state index in [1.807, 2.05) is 54.6 Å². The number of hydrogen-bond acceptors (Lipinski definition) is 9. The minimum absolute atomic E-state index is 0.00414. The highest BCUT2D eigenvalue weighted by Crippen LogP contribution is 2.38. The second-order valence-corrected chi connectivity index (χ2v) is 19.1. The lowest BCUT2D eigenvalue weighted by Crippen LogP contribution is -2.11. The Morgan fingerprint density at radius 1 is 0.435 bits per heavy atom. The van der Waals surface area contributed by atoms with Crippen molar-refractivity contribution in [3.05, 3.63) is 95.1 Å². The van der Waals surface area contributed by atoms with Gasteiger partial charge in [0.15, 0.2) is 46.0 Å². The largest absolute Gasteiger partial charge is 0.493 e. The number of methoxy groups -OCH3 is 5. The Labute approximate surface area is 373 Å². The standard InChI is InChI=1S/C14H20O2.C13H19FO2.C13H20O3.C12H18O2/c1-14(2,3)10-5-8-12(13(9-10)15-4)16-11-6-7-11;2*1-13(2,3)10-5-6-11(16-8-7-14)12(9-10)15-4;1-12(2,3)9-6-7-10(13-4)11(8-9)14-5/h5,8-9,11H,6-7H2,1-4H3;5-6,9H,7-8H2,1-4H3;5-6,9,14H,7-8H2,1-4H3;6-8H,1-5H3. The normalized spacial score (nSPS) is 12.5. The van der Waals surface area contributed by atoms with Gasteiger partial charge in [0.05, 0.1) is 48.3 Å². The van der Waals surface area contributed by atoms with Crippen LogP contribution in [0, 0.1) is 0 Å². The molecule has 4 aromatic carbocycles. The quantitative estimate of drug-likeness (QED) is 0.141.